The molecule has 0 saturated carbocycles. The Kier molecular flexibility index (Phi) is 3.69. The summed E-state index contributed by atoms with van der Waals surface area (Å²) in [5, 5.41) is 3.16. The van der Waals surface area contributed by atoms with E-state index in [1.165, 1.54) is 0 Å². The Morgan fingerprint density at radius 1 is 1.24 bits per heavy atom. The molecule has 2 nitrogen and oxygen atoms in total. The minimum atomic E-state index is -4.19. The fraction of sp³-hybridized carbons (Fsp3) is 0.500. The molecule has 17 heavy (non-hydrogen) atoms. The molecule has 0 amide bonds. The van der Waals surface area contributed by atoms with Gasteiger partial charge in [0.1, 0.15) is 0 Å². The maximum atomic E-state index is 12.4. The van der Waals surface area contributed by atoms with Crippen LogP contribution >= 0.6 is 0 Å². The molecule has 0 aliphatic carbocycles. The number of nitrogens with zero attached hydrogens (tertiary/aromatic N) is 1. The van der Waals surface area contributed by atoms with Crippen LogP contribution in [0.1, 0.15) is 12.0 Å². The van der Waals surface area contributed by atoms with E-state index in [-0.39, 0.29) is 19.1 Å². The van der Waals surface area contributed by atoms with Crippen LogP contribution in [0.3, 0.4) is 0 Å². The Hall–Kier alpha value is -1.07. The zero-order valence-electron chi connectivity index (χ0n) is 9.37. The molecule has 2 rings (SSSR count). The average molecular weight is 244 g/mol. The number of benzene rings is 1. The number of rotatable bonds is 3. The van der Waals surface area contributed by atoms with Crippen LogP contribution in [0, 0.1) is 0 Å². The van der Waals surface area contributed by atoms with Gasteiger partial charge >= 0.3 is 6.30 Å². The predicted molar refractivity (Wildman–Crippen MR) is 59.3 cm³/mol. The predicted octanol–water partition coefficient (Wildman–Crippen LogP) is 2.37. The summed E-state index contributed by atoms with van der Waals surface area (Å²) in [7, 11) is 0. The number of hydrogen-bond acceptors (Lipinski definition) is 2. The van der Waals surface area contributed by atoms with Crippen LogP contribution in [0.25, 0.3) is 0 Å². The molecule has 1 aliphatic rings. The van der Waals surface area contributed by atoms with Crippen molar-refractivity contribution in [3.05, 3.63) is 35.9 Å². The van der Waals surface area contributed by atoms with E-state index in [1.807, 2.05) is 30.3 Å². The van der Waals surface area contributed by atoms with Gasteiger partial charge in [0.15, 0.2) is 0 Å². The summed E-state index contributed by atoms with van der Waals surface area (Å²) in [6.45, 7) is 0.767. The highest BCUT2D eigenvalue weighted by Gasteiger charge is 2.41. The molecule has 0 radical (unpaired) electrons. The third-order valence-electron chi connectivity index (χ3n) is 2.98. The lowest BCUT2D eigenvalue weighted by Crippen LogP contribution is -2.39. The fourth-order valence-corrected chi connectivity index (χ4v) is 2.02. The summed E-state index contributed by atoms with van der Waals surface area (Å²) in [4.78, 5) is 0.565. The van der Waals surface area contributed by atoms with E-state index < -0.39 is 6.30 Å². The summed E-state index contributed by atoms with van der Waals surface area (Å²) in [6.07, 6.45) is -3.64. The molecule has 5 heteroatoms. The first-order chi connectivity index (χ1) is 8.05. The Morgan fingerprint density at radius 3 is 2.53 bits per heavy atom. The minimum Gasteiger partial charge on any atom is -0.309 e. The van der Waals surface area contributed by atoms with Crippen LogP contribution in [-0.2, 0) is 6.54 Å². The second-order valence-corrected chi connectivity index (χ2v) is 4.27. The van der Waals surface area contributed by atoms with Crippen LogP contribution < -0.4 is 5.32 Å². The Labute approximate surface area is 98.4 Å². The van der Waals surface area contributed by atoms with E-state index in [9.17, 15) is 13.2 Å². The number of likely N-dealkylation sites (tertiary alicyclic amines) is 1. The second kappa shape index (κ2) is 5.06. The lowest BCUT2D eigenvalue weighted by molar-refractivity contribution is -0.238. The smallest absolute Gasteiger partial charge is 0.309 e. The van der Waals surface area contributed by atoms with Crippen LogP contribution in [-0.4, -0.2) is 30.3 Å². The largest absolute Gasteiger partial charge is 0.459 e. The third kappa shape index (κ3) is 3.44. The van der Waals surface area contributed by atoms with Gasteiger partial charge in [-0.05, 0) is 12.0 Å². The van der Waals surface area contributed by atoms with Gasteiger partial charge in [-0.25, -0.2) is 4.90 Å². The van der Waals surface area contributed by atoms with Gasteiger partial charge in [-0.15, -0.1) is 0 Å². The summed E-state index contributed by atoms with van der Waals surface area (Å²) >= 11 is 0. The maximum absolute atomic E-state index is 12.4. The summed E-state index contributed by atoms with van der Waals surface area (Å²) in [5.41, 5.74) is 1.10. The van der Waals surface area contributed by atoms with Gasteiger partial charge < -0.3 is 5.32 Å². The van der Waals surface area contributed by atoms with E-state index in [4.69, 9.17) is 0 Å². The van der Waals surface area contributed by atoms with Gasteiger partial charge in [0.25, 0.3) is 0 Å². The van der Waals surface area contributed by atoms with Crippen molar-refractivity contribution in [1.82, 2.24) is 10.2 Å². The molecule has 1 fully saturated rings. The van der Waals surface area contributed by atoms with Gasteiger partial charge in [-0.3, -0.25) is 0 Å². The van der Waals surface area contributed by atoms with Crippen molar-refractivity contribution in [2.75, 3.05) is 13.1 Å². The lowest BCUT2D eigenvalue weighted by Gasteiger charge is -2.19. The molecule has 1 aromatic carbocycles. The molecule has 1 N–H and O–H groups in total. The second-order valence-electron chi connectivity index (χ2n) is 4.27. The highest BCUT2D eigenvalue weighted by atomic mass is 19.4. The summed E-state index contributed by atoms with van der Waals surface area (Å²) < 4.78 is 37.2. The fourth-order valence-electron chi connectivity index (χ4n) is 2.02. The number of halogens is 3. The van der Waals surface area contributed by atoms with Crippen LogP contribution in [0.2, 0.25) is 0 Å². The molecule has 1 aromatic rings. The normalized spacial score (nSPS) is 21.9. The van der Waals surface area contributed by atoms with Crippen molar-refractivity contribution < 1.29 is 13.2 Å². The van der Waals surface area contributed by atoms with Crippen LogP contribution in [0.15, 0.2) is 30.3 Å². The Morgan fingerprint density at radius 2 is 1.94 bits per heavy atom. The molecule has 1 aliphatic heterocycles. The van der Waals surface area contributed by atoms with E-state index in [0.717, 1.165) is 5.56 Å². The molecule has 0 unspecified atom stereocenters. The van der Waals surface area contributed by atoms with E-state index in [2.05, 4.69) is 5.32 Å². The lowest BCUT2D eigenvalue weighted by atomic mass is 10.2. The van der Waals surface area contributed by atoms with Crippen LogP contribution in [0.5, 0.6) is 0 Å². The highest BCUT2D eigenvalue weighted by Crippen LogP contribution is 2.25. The Bertz CT molecular complexity index is 351. The zero-order chi connectivity index (χ0) is 12.3. The standard InChI is InChI=1S/C12H15F3N2/c13-12(14,15)17-7-6-11(9-17)16-8-10-4-2-1-3-5-10/h1-5,11,16H,6-9H2/t11-/m1/s1. The molecule has 0 spiro atoms. The Balaban J connectivity index is 1.79. The minimum absolute atomic E-state index is 0.0519. The first-order valence-electron chi connectivity index (χ1n) is 5.65. The van der Waals surface area contributed by atoms with E-state index in [1.54, 1.807) is 0 Å². The van der Waals surface area contributed by atoms with Gasteiger partial charge in [0.2, 0.25) is 0 Å². The zero-order valence-corrected chi connectivity index (χ0v) is 9.37. The molecule has 1 heterocycles. The SMILES string of the molecule is FC(F)(F)N1CC[C@@H](NCc2ccccc2)C1. The molecular weight excluding hydrogens is 229 g/mol. The average Bonchev–Trinajstić information content (AvgIpc) is 2.76. The molecule has 0 bridgehead atoms. The van der Waals surface area contributed by atoms with Crippen molar-refractivity contribution in [2.45, 2.75) is 25.3 Å². The molecular formula is C12H15F3N2. The number of hydrogen-bond donors (Lipinski definition) is 1. The van der Waals surface area contributed by atoms with E-state index >= 15 is 0 Å². The van der Waals surface area contributed by atoms with E-state index in [0.29, 0.717) is 17.9 Å². The van der Waals surface area contributed by atoms with Crippen molar-refractivity contribution in [3.8, 4) is 0 Å². The third-order valence-corrected chi connectivity index (χ3v) is 2.98. The van der Waals surface area contributed by atoms with Crippen molar-refractivity contribution in [1.29, 1.82) is 0 Å². The number of nitrogens with one attached hydrogen (secondary N) is 1. The summed E-state index contributed by atoms with van der Waals surface area (Å²) in [5.74, 6) is 0. The van der Waals surface area contributed by atoms with Gasteiger partial charge in [-0.2, -0.15) is 13.2 Å². The van der Waals surface area contributed by atoms with Gasteiger partial charge in [0, 0.05) is 25.7 Å². The van der Waals surface area contributed by atoms with Gasteiger partial charge in [-0.1, -0.05) is 30.3 Å². The molecule has 0 aromatic heterocycles. The summed E-state index contributed by atoms with van der Waals surface area (Å²) in [6, 6.07) is 9.62. The molecule has 1 atom stereocenters. The topological polar surface area (TPSA) is 15.3 Å². The van der Waals surface area contributed by atoms with Crippen molar-refractivity contribution in [2.24, 2.45) is 0 Å². The highest BCUT2D eigenvalue weighted by molar-refractivity contribution is 5.14. The monoisotopic (exact) mass is 244 g/mol. The van der Waals surface area contributed by atoms with Crippen molar-refractivity contribution >= 4 is 0 Å². The molecule has 1 saturated heterocycles. The first kappa shape index (κ1) is 12.4. The maximum Gasteiger partial charge on any atom is 0.459 e. The van der Waals surface area contributed by atoms with Gasteiger partial charge in [0.05, 0.1) is 0 Å². The number of alkyl halides is 3. The quantitative estimate of drug-likeness (QED) is 0.821. The molecule has 94 valence electrons. The van der Waals surface area contributed by atoms with Crippen LogP contribution in [0.4, 0.5) is 13.2 Å². The first-order valence-corrected chi connectivity index (χ1v) is 5.65. The van der Waals surface area contributed by atoms with Crippen molar-refractivity contribution in [3.63, 3.8) is 0 Å².